The molecule has 0 radical (unpaired) electrons. The molecule has 1 aromatic rings. The monoisotopic (exact) mass is 296 g/mol. The summed E-state index contributed by atoms with van der Waals surface area (Å²) in [7, 11) is 0. The van der Waals surface area contributed by atoms with Gasteiger partial charge in [0.15, 0.2) is 0 Å². The van der Waals surface area contributed by atoms with Crippen LogP contribution in [0.3, 0.4) is 0 Å². The quantitative estimate of drug-likeness (QED) is 0.896. The molecule has 3 N–H and O–H groups in total. The van der Waals surface area contributed by atoms with E-state index < -0.39 is 0 Å². The summed E-state index contributed by atoms with van der Waals surface area (Å²) < 4.78 is 0. The van der Waals surface area contributed by atoms with Crippen LogP contribution in [0.2, 0.25) is 0 Å². The van der Waals surface area contributed by atoms with Crippen molar-refractivity contribution < 1.29 is 4.79 Å². The summed E-state index contributed by atoms with van der Waals surface area (Å²) >= 11 is 0. The van der Waals surface area contributed by atoms with Crippen molar-refractivity contribution in [2.24, 2.45) is 11.7 Å². The lowest BCUT2D eigenvalue weighted by molar-refractivity contribution is -0.126. The van der Waals surface area contributed by atoms with Crippen LogP contribution in [-0.2, 0) is 4.79 Å². The molecule has 1 fully saturated rings. The van der Waals surface area contributed by atoms with Gasteiger partial charge in [-0.3, -0.25) is 4.79 Å². The number of carbonyl (C=O) groups excluding carboxylic acids is 1. The van der Waals surface area contributed by atoms with Crippen LogP contribution in [0.4, 0.5) is 0 Å². The van der Waals surface area contributed by atoms with Gasteiger partial charge in [-0.1, -0.05) is 56.5 Å². The van der Waals surface area contributed by atoms with Gasteiger partial charge in [0.1, 0.15) is 0 Å². The number of amides is 1. The number of benzene rings is 1. The SMILES string of the molecule is CC(C(=O)NC1CCCCC1)C(N)c1ccccc1.Cl. The lowest BCUT2D eigenvalue weighted by atomic mass is 9.92. The van der Waals surface area contributed by atoms with E-state index in [2.05, 4.69) is 5.32 Å². The fourth-order valence-corrected chi connectivity index (χ4v) is 2.71. The van der Waals surface area contributed by atoms with E-state index in [0.717, 1.165) is 18.4 Å². The number of carbonyl (C=O) groups is 1. The molecule has 20 heavy (non-hydrogen) atoms. The zero-order valence-corrected chi connectivity index (χ0v) is 12.9. The average Bonchev–Trinajstić information content (AvgIpc) is 2.47. The number of hydrogen-bond donors (Lipinski definition) is 2. The predicted octanol–water partition coefficient (Wildman–Crippen LogP) is 3.19. The third-order valence-corrected chi connectivity index (χ3v) is 4.09. The Hall–Kier alpha value is -1.06. The number of hydrogen-bond acceptors (Lipinski definition) is 2. The highest BCUT2D eigenvalue weighted by atomic mass is 35.5. The second-order valence-corrected chi connectivity index (χ2v) is 5.57. The first-order valence-corrected chi connectivity index (χ1v) is 7.29. The minimum Gasteiger partial charge on any atom is -0.353 e. The fraction of sp³-hybridized carbons (Fsp3) is 0.562. The van der Waals surface area contributed by atoms with E-state index in [1.165, 1.54) is 19.3 Å². The Balaban J connectivity index is 0.00000200. The molecule has 1 saturated carbocycles. The van der Waals surface area contributed by atoms with Crippen molar-refractivity contribution in [1.29, 1.82) is 0 Å². The topological polar surface area (TPSA) is 55.1 Å². The van der Waals surface area contributed by atoms with Crippen LogP contribution in [0.1, 0.15) is 50.6 Å². The predicted molar refractivity (Wildman–Crippen MR) is 84.8 cm³/mol. The van der Waals surface area contributed by atoms with Gasteiger partial charge in [-0.25, -0.2) is 0 Å². The Morgan fingerprint density at radius 2 is 1.80 bits per heavy atom. The van der Waals surface area contributed by atoms with Gasteiger partial charge >= 0.3 is 0 Å². The van der Waals surface area contributed by atoms with Crippen LogP contribution in [0.15, 0.2) is 30.3 Å². The molecular weight excluding hydrogens is 272 g/mol. The van der Waals surface area contributed by atoms with E-state index in [-0.39, 0.29) is 30.3 Å². The molecule has 1 amide bonds. The first-order chi connectivity index (χ1) is 9.18. The van der Waals surface area contributed by atoms with Crippen LogP contribution in [0.25, 0.3) is 0 Å². The van der Waals surface area contributed by atoms with Gasteiger partial charge in [-0.2, -0.15) is 0 Å². The van der Waals surface area contributed by atoms with Crippen LogP contribution in [0.5, 0.6) is 0 Å². The highest BCUT2D eigenvalue weighted by Gasteiger charge is 2.24. The van der Waals surface area contributed by atoms with Gasteiger partial charge in [-0.15, -0.1) is 12.4 Å². The zero-order chi connectivity index (χ0) is 13.7. The maximum absolute atomic E-state index is 12.2. The van der Waals surface area contributed by atoms with Gasteiger partial charge in [0.05, 0.1) is 5.92 Å². The summed E-state index contributed by atoms with van der Waals surface area (Å²) in [5, 5.41) is 3.15. The van der Waals surface area contributed by atoms with Crippen molar-refractivity contribution in [3.8, 4) is 0 Å². The molecule has 0 saturated heterocycles. The van der Waals surface area contributed by atoms with E-state index in [1.807, 2.05) is 37.3 Å². The van der Waals surface area contributed by atoms with E-state index in [1.54, 1.807) is 0 Å². The Bertz CT molecular complexity index is 404. The molecule has 3 nitrogen and oxygen atoms in total. The molecule has 0 spiro atoms. The van der Waals surface area contributed by atoms with Gasteiger partial charge in [-0.05, 0) is 18.4 Å². The first kappa shape index (κ1) is 17.0. The van der Waals surface area contributed by atoms with Gasteiger partial charge < -0.3 is 11.1 Å². The molecule has 4 heteroatoms. The molecule has 1 aromatic carbocycles. The lowest BCUT2D eigenvalue weighted by Gasteiger charge is -2.26. The highest BCUT2D eigenvalue weighted by molar-refractivity contribution is 5.85. The van der Waals surface area contributed by atoms with Crippen molar-refractivity contribution in [1.82, 2.24) is 5.32 Å². The Labute approximate surface area is 127 Å². The van der Waals surface area contributed by atoms with Crippen LogP contribution in [0, 0.1) is 5.92 Å². The highest BCUT2D eigenvalue weighted by Crippen LogP contribution is 2.21. The van der Waals surface area contributed by atoms with Crippen LogP contribution >= 0.6 is 12.4 Å². The van der Waals surface area contributed by atoms with Crippen molar-refractivity contribution in [2.45, 2.75) is 51.1 Å². The molecule has 1 aliphatic rings. The summed E-state index contributed by atoms with van der Waals surface area (Å²) in [6.45, 7) is 1.91. The number of nitrogens with one attached hydrogen (secondary N) is 1. The molecule has 0 bridgehead atoms. The molecule has 2 atom stereocenters. The molecule has 2 rings (SSSR count). The molecule has 1 aliphatic carbocycles. The zero-order valence-electron chi connectivity index (χ0n) is 12.0. The average molecular weight is 297 g/mol. The third kappa shape index (κ3) is 4.50. The Morgan fingerprint density at radius 1 is 1.20 bits per heavy atom. The fourth-order valence-electron chi connectivity index (χ4n) is 2.71. The molecular formula is C16H25ClN2O. The van der Waals surface area contributed by atoms with Crippen molar-refractivity contribution in [2.75, 3.05) is 0 Å². The summed E-state index contributed by atoms with van der Waals surface area (Å²) in [6.07, 6.45) is 5.97. The Kier molecular flexibility index (Phi) is 7.03. The van der Waals surface area contributed by atoms with Crippen molar-refractivity contribution >= 4 is 18.3 Å². The van der Waals surface area contributed by atoms with E-state index in [4.69, 9.17) is 5.73 Å². The van der Waals surface area contributed by atoms with Gasteiger partial charge in [0, 0.05) is 12.1 Å². The molecule has 0 heterocycles. The normalized spacial score (nSPS) is 18.7. The standard InChI is InChI=1S/C16H24N2O.ClH/c1-12(15(17)13-8-4-2-5-9-13)16(19)18-14-10-6-3-7-11-14;/h2,4-5,8-9,12,14-15H,3,6-7,10-11,17H2,1H3,(H,18,19);1H. The van der Waals surface area contributed by atoms with E-state index >= 15 is 0 Å². The first-order valence-electron chi connectivity index (χ1n) is 7.29. The van der Waals surface area contributed by atoms with Crippen LogP contribution < -0.4 is 11.1 Å². The lowest BCUT2D eigenvalue weighted by Crippen LogP contribution is -2.42. The van der Waals surface area contributed by atoms with Gasteiger partial charge in [0.2, 0.25) is 5.91 Å². The summed E-state index contributed by atoms with van der Waals surface area (Å²) in [4.78, 5) is 12.2. The van der Waals surface area contributed by atoms with Crippen LogP contribution in [-0.4, -0.2) is 11.9 Å². The molecule has 2 unspecified atom stereocenters. The number of rotatable bonds is 4. The molecule has 112 valence electrons. The maximum atomic E-state index is 12.2. The number of nitrogens with two attached hydrogens (primary N) is 1. The maximum Gasteiger partial charge on any atom is 0.224 e. The smallest absolute Gasteiger partial charge is 0.224 e. The Morgan fingerprint density at radius 3 is 2.40 bits per heavy atom. The molecule has 0 aromatic heterocycles. The van der Waals surface area contributed by atoms with E-state index in [9.17, 15) is 4.79 Å². The summed E-state index contributed by atoms with van der Waals surface area (Å²) in [6, 6.07) is 9.96. The summed E-state index contributed by atoms with van der Waals surface area (Å²) in [5.41, 5.74) is 7.21. The third-order valence-electron chi connectivity index (χ3n) is 4.09. The second-order valence-electron chi connectivity index (χ2n) is 5.57. The molecule has 0 aliphatic heterocycles. The minimum absolute atomic E-state index is 0. The largest absolute Gasteiger partial charge is 0.353 e. The van der Waals surface area contributed by atoms with E-state index in [0.29, 0.717) is 6.04 Å². The number of halogens is 1. The minimum atomic E-state index is -0.232. The van der Waals surface area contributed by atoms with Crippen molar-refractivity contribution in [3.63, 3.8) is 0 Å². The summed E-state index contributed by atoms with van der Waals surface area (Å²) in [5.74, 6) is -0.104. The second kappa shape index (κ2) is 8.28. The van der Waals surface area contributed by atoms with Gasteiger partial charge in [0.25, 0.3) is 0 Å². The van der Waals surface area contributed by atoms with Crippen molar-refractivity contribution in [3.05, 3.63) is 35.9 Å².